The lowest BCUT2D eigenvalue weighted by atomic mass is 10.3. The first-order chi connectivity index (χ1) is 8.04. The molecule has 0 fully saturated rings. The number of rotatable bonds is 2. The molecule has 2 heterocycles. The van der Waals surface area contributed by atoms with Crippen molar-refractivity contribution in [2.75, 3.05) is 5.73 Å². The zero-order valence-corrected chi connectivity index (χ0v) is 10.9. The van der Waals surface area contributed by atoms with Crippen LogP contribution in [0.1, 0.15) is 16.8 Å². The first-order valence-corrected chi connectivity index (χ1v) is 6.08. The third kappa shape index (κ3) is 2.94. The van der Waals surface area contributed by atoms with Crippen LogP contribution in [0.4, 0.5) is 5.95 Å². The highest BCUT2D eigenvalue weighted by molar-refractivity contribution is 7.99. The average Bonchev–Trinajstić information content (AvgIpc) is 2.22. The molecule has 2 aromatic rings. The quantitative estimate of drug-likeness (QED) is 0.825. The van der Waals surface area contributed by atoms with Crippen molar-refractivity contribution in [2.24, 2.45) is 0 Å². The largest absolute Gasteiger partial charge is 0.368 e. The number of nitrogens with two attached hydrogens (primary N) is 1. The summed E-state index contributed by atoms with van der Waals surface area (Å²) in [6.07, 6.45) is 1.73. The highest BCUT2D eigenvalue weighted by Crippen LogP contribution is 2.27. The molecule has 0 bridgehead atoms. The molecule has 0 aliphatic heterocycles. The second-order valence-corrected chi connectivity index (χ2v) is 4.95. The van der Waals surface area contributed by atoms with Gasteiger partial charge in [0.15, 0.2) is 0 Å². The number of nitrogens with zero attached hydrogens (tertiary/aromatic N) is 3. The molecule has 0 aliphatic carbocycles. The third-order valence-electron chi connectivity index (χ3n) is 2.22. The molecular formula is C12H14N4S. The van der Waals surface area contributed by atoms with Crippen LogP contribution >= 0.6 is 11.8 Å². The molecule has 0 radical (unpaired) electrons. The van der Waals surface area contributed by atoms with Crippen molar-refractivity contribution < 1.29 is 0 Å². The summed E-state index contributed by atoms with van der Waals surface area (Å²) < 4.78 is 0. The van der Waals surface area contributed by atoms with E-state index in [9.17, 15) is 0 Å². The van der Waals surface area contributed by atoms with E-state index in [1.165, 1.54) is 17.3 Å². The van der Waals surface area contributed by atoms with Crippen molar-refractivity contribution >= 4 is 17.7 Å². The van der Waals surface area contributed by atoms with Gasteiger partial charge in [-0.25, -0.2) is 15.0 Å². The van der Waals surface area contributed by atoms with Gasteiger partial charge in [0.25, 0.3) is 0 Å². The maximum absolute atomic E-state index is 5.58. The Bertz CT molecular complexity index is 534. The van der Waals surface area contributed by atoms with E-state index < -0.39 is 0 Å². The van der Waals surface area contributed by atoms with E-state index >= 15 is 0 Å². The minimum atomic E-state index is 0.294. The van der Waals surface area contributed by atoms with Gasteiger partial charge in [0.2, 0.25) is 5.95 Å². The smallest absolute Gasteiger partial charge is 0.221 e. The van der Waals surface area contributed by atoms with Gasteiger partial charge < -0.3 is 5.73 Å². The summed E-state index contributed by atoms with van der Waals surface area (Å²) in [5.74, 6) is 0.294. The number of hydrogen-bond acceptors (Lipinski definition) is 5. The number of aromatic nitrogens is 3. The number of pyridine rings is 1. The SMILES string of the molecule is Cc1cc(C)nc(Sc2nc(N)ncc2C)c1. The van der Waals surface area contributed by atoms with Crippen molar-refractivity contribution in [1.29, 1.82) is 0 Å². The third-order valence-corrected chi connectivity index (χ3v) is 3.24. The molecule has 0 amide bonds. The lowest BCUT2D eigenvalue weighted by Gasteiger charge is -2.06. The van der Waals surface area contributed by atoms with E-state index in [4.69, 9.17) is 5.73 Å². The Morgan fingerprint density at radius 1 is 1.12 bits per heavy atom. The normalized spacial score (nSPS) is 10.5. The van der Waals surface area contributed by atoms with Gasteiger partial charge in [0, 0.05) is 17.5 Å². The predicted octanol–water partition coefficient (Wildman–Crippen LogP) is 2.53. The van der Waals surface area contributed by atoms with E-state index in [0.717, 1.165) is 21.3 Å². The van der Waals surface area contributed by atoms with Crippen LogP contribution in [-0.2, 0) is 0 Å². The zero-order valence-electron chi connectivity index (χ0n) is 10.1. The Morgan fingerprint density at radius 3 is 2.59 bits per heavy atom. The summed E-state index contributed by atoms with van der Waals surface area (Å²) in [6, 6.07) is 4.08. The first-order valence-electron chi connectivity index (χ1n) is 5.27. The molecule has 0 unspecified atom stereocenters. The second kappa shape index (κ2) is 4.71. The molecule has 0 aromatic carbocycles. The molecule has 0 atom stereocenters. The van der Waals surface area contributed by atoms with E-state index in [1.807, 2.05) is 26.0 Å². The molecule has 2 N–H and O–H groups in total. The van der Waals surface area contributed by atoms with Crippen LogP contribution in [0.3, 0.4) is 0 Å². The number of aryl methyl sites for hydroxylation is 3. The maximum atomic E-state index is 5.58. The van der Waals surface area contributed by atoms with Gasteiger partial charge in [0.05, 0.1) is 0 Å². The fourth-order valence-electron chi connectivity index (χ4n) is 1.50. The minimum absolute atomic E-state index is 0.294. The molecule has 2 aromatic heterocycles. The lowest BCUT2D eigenvalue weighted by Crippen LogP contribution is -1.97. The Hall–Kier alpha value is -1.62. The molecule has 4 nitrogen and oxygen atoms in total. The van der Waals surface area contributed by atoms with E-state index in [0.29, 0.717) is 5.95 Å². The molecule has 5 heteroatoms. The monoisotopic (exact) mass is 246 g/mol. The van der Waals surface area contributed by atoms with E-state index in [1.54, 1.807) is 6.20 Å². The van der Waals surface area contributed by atoms with Crippen LogP contribution in [0.15, 0.2) is 28.4 Å². The molecule has 0 saturated carbocycles. The highest BCUT2D eigenvalue weighted by Gasteiger charge is 2.06. The van der Waals surface area contributed by atoms with Gasteiger partial charge >= 0.3 is 0 Å². The number of anilines is 1. The van der Waals surface area contributed by atoms with Crippen molar-refractivity contribution in [1.82, 2.24) is 15.0 Å². The second-order valence-electron chi connectivity index (χ2n) is 3.94. The van der Waals surface area contributed by atoms with Crippen LogP contribution < -0.4 is 5.73 Å². The van der Waals surface area contributed by atoms with Crippen molar-refractivity contribution in [3.8, 4) is 0 Å². The van der Waals surface area contributed by atoms with Crippen LogP contribution in [0.2, 0.25) is 0 Å². The van der Waals surface area contributed by atoms with Crippen molar-refractivity contribution in [3.05, 3.63) is 35.2 Å². The summed E-state index contributed by atoms with van der Waals surface area (Å²) in [7, 11) is 0. The molecular weight excluding hydrogens is 232 g/mol. The first kappa shape index (κ1) is 11.9. The van der Waals surface area contributed by atoms with Crippen LogP contribution in [-0.4, -0.2) is 15.0 Å². The molecule has 0 spiro atoms. The van der Waals surface area contributed by atoms with Gasteiger partial charge in [-0.3, -0.25) is 0 Å². The van der Waals surface area contributed by atoms with Crippen LogP contribution in [0.5, 0.6) is 0 Å². The van der Waals surface area contributed by atoms with Crippen molar-refractivity contribution in [3.63, 3.8) is 0 Å². The Morgan fingerprint density at radius 2 is 1.88 bits per heavy atom. The highest BCUT2D eigenvalue weighted by atomic mass is 32.2. The number of hydrogen-bond donors (Lipinski definition) is 1. The Balaban J connectivity index is 2.34. The standard InChI is InChI=1S/C12H14N4S/c1-7-4-9(3)15-10(5-7)17-11-8(2)6-14-12(13)16-11/h4-6H,1-3H3,(H2,13,14,16). The fraction of sp³-hybridized carbons (Fsp3) is 0.250. The molecule has 0 aliphatic rings. The van der Waals surface area contributed by atoms with E-state index in [-0.39, 0.29) is 0 Å². The number of nitrogen functional groups attached to an aromatic ring is 1. The Kier molecular flexibility index (Phi) is 3.28. The van der Waals surface area contributed by atoms with Gasteiger partial charge in [-0.1, -0.05) is 0 Å². The topological polar surface area (TPSA) is 64.7 Å². The maximum Gasteiger partial charge on any atom is 0.221 e. The summed E-state index contributed by atoms with van der Waals surface area (Å²) in [4.78, 5) is 12.6. The van der Waals surface area contributed by atoms with Crippen LogP contribution in [0.25, 0.3) is 0 Å². The predicted molar refractivity (Wildman–Crippen MR) is 69.0 cm³/mol. The van der Waals surface area contributed by atoms with Gasteiger partial charge in [-0.2, -0.15) is 0 Å². The minimum Gasteiger partial charge on any atom is -0.368 e. The Labute approximate surface area is 105 Å². The zero-order chi connectivity index (χ0) is 12.4. The summed E-state index contributed by atoms with van der Waals surface area (Å²) in [5.41, 5.74) is 8.79. The summed E-state index contributed by atoms with van der Waals surface area (Å²) >= 11 is 1.51. The van der Waals surface area contributed by atoms with Crippen LogP contribution in [0, 0.1) is 20.8 Å². The van der Waals surface area contributed by atoms with Gasteiger partial charge in [-0.15, -0.1) is 0 Å². The molecule has 0 saturated heterocycles. The van der Waals surface area contributed by atoms with Gasteiger partial charge in [-0.05, 0) is 50.2 Å². The summed E-state index contributed by atoms with van der Waals surface area (Å²) in [5, 5.41) is 1.79. The molecule has 88 valence electrons. The van der Waals surface area contributed by atoms with Crippen molar-refractivity contribution in [2.45, 2.75) is 30.8 Å². The fourth-order valence-corrected chi connectivity index (χ4v) is 2.48. The lowest BCUT2D eigenvalue weighted by molar-refractivity contribution is 1.000. The van der Waals surface area contributed by atoms with E-state index in [2.05, 4.69) is 21.9 Å². The molecule has 2 rings (SSSR count). The average molecular weight is 246 g/mol. The summed E-state index contributed by atoms with van der Waals surface area (Å²) in [6.45, 7) is 6.00. The molecule has 17 heavy (non-hydrogen) atoms. The van der Waals surface area contributed by atoms with Gasteiger partial charge in [0.1, 0.15) is 10.1 Å².